The number of rotatable bonds is 14. The number of aliphatic hydroxyl groups excluding tert-OH is 1. The van der Waals surface area contributed by atoms with Gasteiger partial charge < -0.3 is 26.0 Å². The summed E-state index contributed by atoms with van der Waals surface area (Å²) in [6, 6.07) is 7.91. The fraction of sp³-hybridized carbons (Fsp3) is 0.500. The maximum atomic E-state index is 13.7. The number of carbonyl (C=O) groups is 3. The van der Waals surface area contributed by atoms with Crippen LogP contribution in [0, 0.1) is 11.8 Å². The van der Waals surface area contributed by atoms with Crippen LogP contribution in [-0.2, 0) is 27.2 Å². The van der Waals surface area contributed by atoms with E-state index in [9.17, 15) is 19.5 Å². The van der Waals surface area contributed by atoms with Gasteiger partial charge in [-0.2, -0.15) is 0 Å². The van der Waals surface area contributed by atoms with Crippen LogP contribution in [0.4, 0.5) is 0 Å². The van der Waals surface area contributed by atoms with Gasteiger partial charge in [0.25, 0.3) is 0 Å². The zero-order valence-electron chi connectivity index (χ0n) is 24.4. The van der Waals surface area contributed by atoms with Gasteiger partial charge in [-0.3, -0.25) is 14.4 Å². The summed E-state index contributed by atoms with van der Waals surface area (Å²) < 4.78 is 0. The van der Waals surface area contributed by atoms with E-state index in [1.54, 1.807) is 17.8 Å². The van der Waals surface area contributed by atoms with Gasteiger partial charge in [0.1, 0.15) is 17.2 Å². The summed E-state index contributed by atoms with van der Waals surface area (Å²) in [5.74, 6) is -1.60. The van der Waals surface area contributed by atoms with E-state index in [4.69, 9.17) is 0 Å². The molecule has 10 nitrogen and oxygen atoms in total. The lowest BCUT2D eigenvalue weighted by molar-refractivity contribution is -0.134. The smallest absolute Gasteiger partial charge is 0.243 e. The van der Waals surface area contributed by atoms with Gasteiger partial charge in [0, 0.05) is 41.8 Å². The predicted octanol–water partition coefficient (Wildman–Crippen LogP) is 3.32. The molecule has 0 saturated carbocycles. The number of nitrogens with one attached hydrogen (secondary N) is 4. The van der Waals surface area contributed by atoms with E-state index in [0.717, 1.165) is 5.56 Å². The Labute approximate surface area is 245 Å². The first-order valence-corrected chi connectivity index (χ1v) is 14.8. The first kappa shape index (κ1) is 32.0. The molecule has 0 fully saturated rings. The summed E-state index contributed by atoms with van der Waals surface area (Å²) in [5.41, 5.74) is 1.13. The van der Waals surface area contributed by atoms with Crippen LogP contribution in [0.2, 0.25) is 0 Å². The number of carbonyl (C=O) groups excluding carboxylic acids is 3. The van der Waals surface area contributed by atoms with Gasteiger partial charge in [-0.25, -0.2) is 9.97 Å². The van der Waals surface area contributed by atoms with Crippen LogP contribution < -0.4 is 16.0 Å². The van der Waals surface area contributed by atoms with E-state index in [1.807, 2.05) is 65.0 Å². The van der Waals surface area contributed by atoms with Crippen molar-refractivity contribution in [1.82, 2.24) is 30.9 Å². The molecule has 41 heavy (non-hydrogen) atoms. The zero-order chi connectivity index (χ0) is 30.0. The minimum absolute atomic E-state index is 0.0326. The van der Waals surface area contributed by atoms with Crippen LogP contribution >= 0.6 is 11.3 Å². The van der Waals surface area contributed by atoms with Crippen LogP contribution in [0.3, 0.4) is 0 Å². The van der Waals surface area contributed by atoms with Crippen molar-refractivity contribution in [2.75, 3.05) is 0 Å². The third-order valence-corrected chi connectivity index (χ3v) is 7.24. The molecule has 0 bridgehead atoms. The predicted molar refractivity (Wildman–Crippen MR) is 159 cm³/mol. The molecule has 2 heterocycles. The lowest BCUT2D eigenvalue weighted by Crippen LogP contribution is -2.53. The summed E-state index contributed by atoms with van der Waals surface area (Å²) in [6.45, 7) is 9.67. The van der Waals surface area contributed by atoms with Crippen molar-refractivity contribution >= 4 is 29.1 Å². The number of H-pyrrole nitrogens is 1. The van der Waals surface area contributed by atoms with Crippen LogP contribution in [-0.4, -0.2) is 55.4 Å². The summed E-state index contributed by atoms with van der Waals surface area (Å²) in [7, 11) is 0. The molecule has 1 aromatic carbocycles. The second kappa shape index (κ2) is 14.9. The van der Waals surface area contributed by atoms with Crippen LogP contribution in [0.15, 0.2) is 54.4 Å². The summed E-state index contributed by atoms with van der Waals surface area (Å²) in [5, 5.41) is 22.1. The van der Waals surface area contributed by atoms with Crippen molar-refractivity contribution in [3.63, 3.8) is 0 Å². The first-order chi connectivity index (χ1) is 19.4. The Balaban J connectivity index is 1.82. The highest BCUT2D eigenvalue weighted by atomic mass is 32.1. The molecule has 0 aliphatic carbocycles. The largest absolute Gasteiger partial charge is 0.384 e. The maximum Gasteiger partial charge on any atom is 0.243 e. The Morgan fingerprint density at radius 1 is 1.05 bits per heavy atom. The fourth-order valence-corrected chi connectivity index (χ4v) is 5.26. The van der Waals surface area contributed by atoms with Crippen LogP contribution in [0.25, 0.3) is 0 Å². The van der Waals surface area contributed by atoms with Gasteiger partial charge in [0.15, 0.2) is 0 Å². The van der Waals surface area contributed by atoms with Gasteiger partial charge in [0.05, 0.1) is 18.3 Å². The minimum Gasteiger partial charge on any atom is -0.384 e. The number of hydrogen-bond acceptors (Lipinski definition) is 7. The molecular weight excluding hydrogens is 540 g/mol. The summed E-state index contributed by atoms with van der Waals surface area (Å²) in [6.07, 6.45) is 4.71. The Morgan fingerprint density at radius 3 is 2.37 bits per heavy atom. The Kier molecular flexibility index (Phi) is 11.6. The van der Waals surface area contributed by atoms with Crippen molar-refractivity contribution in [3.05, 3.63) is 70.7 Å². The van der Waals surface area contributed by atoms with Gasteiger partial charge in [-0.15, -0.1) is 11.3 Å². The van der Waals surface area contributed by atoms with Crippen LogP contribution in [0.1, 0.15) is 69.8 Å². The quantitative estimate of drug-likeness (QED) is 0.197. The number of amides is 3. The second-order valence-corrected chi connectivity index (χ2v) is 12.7. The van der Waals surface area contributed by atoms with E-state index >= 15 is 0 Å². The van der Waals surface area contributed by atoms with E-state index < -0.39 is 41.5 Å². The fourth-order valence-electron chi connectivity index (χ4n) is 4.57. The summed E-state index contributed by atoms with van der Waals surface area (Å²) in [4.78, 5) is 51.5. The van der Waals surface area contributed by atoms with Crippen molar-refractivity contribution in [1.29, 1.82) is 0 Å². The summed E-state index contributed by atoms with van der Waals surface area (Å²) >= 11 is 1.32. The standard InChI is InChI=1S/C30H42N6O4S/c1-19(2)13-23(26(38)29-32-11-12-41-29)34-28(40)24(16-22-17-31-18-33-22)35-27(39)21(14-20-9-7-6-8-10-20)15-25(37)36-30(3,4)5/h6-12,17-19,21,23-24,26,38H,13-16H2,1-5H3,(H,31,33)(H,34,40)(H,35,39)(H,36,37)/t21-,23-,24+,26+/m1/s1. The number of benzene rings is 1. The Hall–Kier alpha value is -3.57. The molecule has 0 aliphatic heterocycles. The van der Waals surface area contributed by atoms with Crippen molar-refractivity contribution in [3.8, 4) is 0 Å². The number of nitrogens with zero attached hydrogens (tertiary/aromatic N) is 2. The normalized spacial score (nSPS) is 14.6. The molecule has 0 saturated heterocycles. The number of hydrogen-bond donors (Lipinski definition) is 5. The second-order valence-electron chi connectivity index (χ2n) is 11.8. The molecule has 0 aliphatic rings. The van der Waals surface area contributed by atoms with Crippen molar-refractivity contribution in [2.45, 2.75) is 84.0 Å². The SMILES string of the molecule is CC(C)C[C@@H](NC(=O)[C@H](Cc1cnc[nH]1)NC(=O)[C@@H](CC(=O)NC(C)(C)C)Cc1ccccc1)[C@H](O)c1nccs1. The molecule has 0 spiro atoms. The molecule has 5 N–H and O–H groups in total. The van der Waals surface area contributed by atoms with Gasteiger partial charge in [-0.1, -0.05) is 44.2 Å². The highest BCUT2D eigenvalue weighted by molar-refractivity contribution is 7.09. The molecule has 222 valence electrons. The average Bonchev–Trinajstić information content (AvgIpc) is 3.61. The zero-order valence-corrected chi connectivity index (χ0v) is 25.2. The van der Waals surface area contributed by atoms with E-state index in [0.29, 0.717) is 23.5 Å². The third-order valence-electron chi connectivity index (χ3n) is 6.39. The Morgan fingerprint density at radius 2 is 1.78 bits per heavy atom. The highest BCUT2D eigenvalue weighted by Gasteiger charge is 2.32. The maximum absolute atomic E-state index is 13.7. The van der Waals surface area contributed by atoms with E-state index in [2.05, 4.69) is 30.9 Å². The van der Waals surface area contributed by atoms with E-state index in [-0.39, 0.29) is 24.7 Å². The monoisotopic (exact) mass is 582 g/mol. The average molecular weight is 583 g/mol. The number of aliphatic hydroxyl groups is 1. The number of aromatic nitrogens is 3. The molecule has 3 amide bonds. The van der Waals surface area contributed by atoms with Crippen LogP contribution in [0.5, 0.6) is 0 Å². The van der Waals surface area contributed by atoms with Crippen molar-refractivity contribution < 1.29 is 19.5 Å². The molecule has 3 aromatic rings. The minimum atomic E-state index is -0.989. The molecular formula is C30H42N6O4S. The number of imidazole rings is 1. The Bertz CT molecular complexity index is 1230. The van der Waals surface area contributed by atoms with Gasteiger partial charge in [0.2, 0.25) is 17.7 Å². The number of aromatic amines is 1. The van der Waals surface area contributed by atoms with Crippen molar-refractivity contribution in [2.24, 2.45) is 11.8 Å². The molecule has 4 atom stereocenters. The lowest BCUT2D eigenvalue weighted by atomic mass is 9.93. The first-order valence-electron chi connectivity index (χ1n) is 13.9. The molecule has 3 rings (SSSR count). The lowest BCUT2D eigenvalue weighted by Gasteiger charge is -2.28. The third kappa shape index (κ3) is 10.7. The number of thiazole rings is 1. The molecule has 2 aromatic heterocycles. The van der Waals surface area contributed by atoms with Gasteiger partial charge in [-0.05, 0) is 45.1 Å². The van der Waals surface area contributed by atoms with E-state index in [1.165, 1.54) is 17.7 Å². The van der Waals surface area contributed by atoms with Gasteiger partial charge >= 0.3 is 0 Å². The molecule has 0 unspecified atom stereocenters. The molecule has 11 heteroatoms. The highest BCUT2D eigenvalue weighted by Crippen LogP contribution is 2.24. The molecule has 0 radical (unpaired) electrons. The topological polar surface area (TPSA) is 149 Å².